The van der Waals surface area contributed by atoms with Gasteiger partial charge >= 0.3 is 5.97 Å². The summed E-state index contributed by atoms with van der Waals surface area (Å²) < 4.78 is 5.03. The predicted molar refractivity (Wildman–Crippen MR) is 105 cm³/mol. The Hall–Kier alpha value is -2.42. The predicted octanol–water partition coefficient (Wildman–Crippen LogP) is 1.13. The molecular weight excluding hydrogens is 382 g/mol. The number of nitrogens with one attached hydrogen (secondary N) is 1. The molecule has 0 aliphatic carbocycles. The second-order valence-corrected chi connectivity index (χ2v) is 7.45. The van der Waals surface area contributed by atoms with Crippen LogP contribution in [0, 0.1) is 5.92 Å². The molecule has 0 unspecified atom stereocenters. The number of amides is 3. The van der Waals surface area contributed by atoms with Gasteiger partial charge in [-0.15, -0.1) is 0 Å². The SMILES string of the molecule is CCOC(=O)C1CCN(C(=O)CN(C)C(=O)CCNC(=O)c2ccsc2)CC1. The first-order chi connectivity index (χ1) is 13.4. The fourth-order valence-electron chi connectivity index (χ4n) is 2.99. The molecule has 0 radical (unpaired) electrons. The van der Waals surface area contributed by atoms with E-state index in [4.69, 9.17) is 4.74 Å². The summed E-state index contributed by atoms with van der Waals surface area (Å²) in [4.78, 5) is 51.2. The number of carbonyl (C=O) groups excluding carboxylic acids is 4. The van der Waals surface area contributed by atoms with Crippen molar-refractivity contribution >= 4 is 35.0 Å². The van der Waals surface area contributed by atoms with Crippen LogP contribution < -0.4 is 5.32 Å². The van der Waals surface area contributed by atoms with Crippen LogP contribution in [-0.2, 0) is 19.1 Å². The number of hydrogen-bond acceptors (Lipinski definition) is 6. The average molecular weight is 410 g/mol. The maximum Gasteiger partial charge on any atom is 0.309 e. The van der Waals surface area contributed by atoms with Crippen LogP contribution in [0.1, 0.15) is 36.5 Å². The third-order valence-corrected chi connectivity index (χ3v) is 5.36. The fraction of sp³-hybridized carbons (Fsp3) is 0.579. The van der Waals surface area contributed by atoms with Crippen molar-refractivity contribution in [3.63, 3.8) is 0 Å². The molecule has 0 atom stereocenters. The van der Waals surface area contributed by atoms with Gasteiger partial charge in [-0.3, -0.25) is 19.2 Å². The Labute approximate surface area is 168 Å². The highest BCUT2D eigenvalue weighted by atomic mass is 32.1. The van der Waals surface area contributed by atoms with Gasteiger partial charge < -0.3 is 19.9 Å². The molecule has 0 bridgehead atoms. The molecule has 1 aromatic heterocycles. The molecule has 1 aromatic rings. The van der Waals surface area contributed by atoms with Crippen molar-refractivity contribution in [2.45, 2.75) is 26.2 Å². The van der Waals surface area contributed by atoms with Gasteiger partial charge in [-0.25, -0.2) is 0 Å². The standard InChI is InChI=1S/C19H27N3O5S/c1-3-27-19(26)14-5-9-22(10-6-14)17(24)12-21(2)16(23)4-8-20-18(25)15-7-11-28-13-15/h7,11,13-14H,3-6,8-10,12H2,1-2H3,(H,20,25). The summed E-state index contributed by atoms with van der Waals surface area (Å²) >= 11 is 1.43. The van der Waals surface area contributed by atoms with E-state index in [0.717, 1.165) is 0 Å². The normalized spacial score (nSPS) is 14.4. The molecule has 0 aromatic carbocycles. The zero-order chi connectivity index (χ0) is 20.5. The summed E-state index contributed by atoms with van der Waals surface area (Å²) in [6, 6.07) is 1.72. The Morgan fingerprint density at radius 3 is 2.61 bits per heavy atom. The summed E-state index contributed by atoms with van der Waals surface area (Å²) in [5.74, 6) is -0.917. The van der Waals surface area contributed by atoms with Crippen LogP contribution in [0.5, 0.6) is 0 Å². The Morgan fingerprint density at radius 2 is 2.00 bits per heavy atom. The lowest BCUT2D eigenvalue weighted by Gasteiger charge is -2.32. The van der Waals surface area contributed by atoms with E-state index in [2.05, 4.69) is 5.32 Å². The second kappa shape index (κ2) is 10.8. The first-order valence-electron chi connectivity index (χ1n) is 9.41. The van der Waals surface area contributed by atoms with Gasteiger partial charge in [-0.1, -0.05) is 0 Å². The maximum atomic E-state index is 12.4. The number of carbonyl (C=O) groups is 4. The molecule has 1 N–H and O–H groups in total. The Morgan fingerprint density at radius 1 is 1.29 bits per heavy atom. The van der Waals surface area contributed by atoms with Gasteiger partial charge in [0.05, 0.1) is 19.1 Å². The molecule has 1 aliphatic heterocycles. The number of ether oxygens (including phenoxy) is 1. The van der Waals surface area contributed by atoms with Crippen LogP contribution in [0.3, 0.4) is 0 Å². The van der Waals surface area contributed by atoms with Gasteiger partial charge in [0.1, 0.15) is 0 Å². The van der Waals surface area contributed by atoms with E-state index in [9.17, 15) is 19.2 Å². The summed E-state index contributed by atoms with van der Waals surface area (Å²) in [5, 5.41) is 6.25. The molecule has 9 heteroatoms. The molecule has 3 amide bonds. The molecular formula is C19H27N3O5S. The van der Waals surface area contributed by atoms with Crippen molar-refractivity contribution in [2.24, 2.45) is 5.92 Å². The first-order valence-corrected chi connectivity index (χ1v) is 10.4. The molecule has 0 spiro atoms. The second-order valence-electron chi connectivity index (χ2n) is 6.67. The van der Waals surface area contributed by atoms with Crippen molar-refractivity contribution < 1.29 is 23.9 Å². The smallest absolute Gasteiger partial charge is 0.309 e. The summed E-state index contributed by atoms with van der Waals surface area (Å²) in [6.07, 6.45) is 1.29. The Kier molecular flexibility index (Phi) is 8.43. The minimum absolute atomic E-state index is 0.0125. The third kappa shape index (κ3) is 6.33. The number of thiophene rings is 1. The van der Waals surface area contributed by atoms with Crippen molar-refractivity contribution in [3.8, 4) is 0 Å². The quantitative estimate of drug-likeness (QED) is 0.650. The molecule has 2 rings (SSSR count). The van der Waals surface area contributed by atoms with Crippen LogP contribution >= 0.6 is 11.3 Å². The van der Waals surface area contributed by atoms with E-state index in [1.807, 2.05) is 5.38 Å². The zero-order valence-electron chi connectivity index (χ0n) is 16.3. The minimum atomic E-state index is -0.211. The van der Waals surface area contributed by atoms with Gasteiger partial charge in [0.15, 0.2) is 0 Å². The van der Waals surface area contributed by atoms with E-state index >= 15 is 0 Å². The van der Waals surface area contributed by atoms with E-state index in [1.165, 1.54) is 16.2 Å². The van der Waals surface area contributed by atoms with Crippen LogP contribution in [0.2, 0.25) is 0 Å². The zero-order valence-corrected chi connectivity index (χ0v) is 17.1. The lowest BCUT2D eigenvalue weighted by atomic mass is 9.97. The molecule has 2 heterocycles. The van der Waals surface area contributed by atoms with Gasteiger partial charge in [-0.05, 0) is 31.2 Å². The lowest BCUT2D eigenvalue weighted by Crippen LogP contribution is -2.46. The number of nitrogens with zero attached hydrogens (tertiary/aromatic N) is 2. The van der Waals surface area contributed by atoms with Crippen molar-refractivity contribution in [1.82, 2.24) is 15.1 Å². The number of esters is 1. The Bertz CT molecular complexity index is 684. The van der Waals surface area contributed by atoms with Crippen LogP contribution in [0.15, 0.2) is 16.8 Å². The number of likely N-dealkylation sites (N-methyl/N-ethyl adjacent to an activating group) is 1. The molecule has 28 heavy (non-hydrogen) atoms. The maximum absolute atomic E-state index is 12.4. The highest BCUT2D eigenvalue weighted by Crippen LogP contribution is 2.19. The van der Waals surface area contributed by atoms with Crippen LogP contribution in [0.25, 0.3) is 0 Å². The highest BCUT2D eigenvalue weighted by Gasteiger charge is 2.28. The first kappa shape index (κ1) is 21.9. The minimum Gasteiger partial charge on any atom is -0.466 e. The number of rotatable bonds is 8. The van der Waals surface area contributed by atoms with Gasteiger partial charge in [0, 0.05) is 44.0 Å². The van der Waals surface area contributed by atoms with Crippen LogP contribution in [0.4, 0.5) is 0 Å². The van der Waals surface area contributed by atoms with Crippen molar-refractivity contribution in [2.75, 3.05) is 39.8 Å². The number of piperidine rings is 1. The molecule has 0 saturated carbocycles. The lowest BCUT2D eigenvalue weighted by molar-refractivity contribution is -0.151. The van der Waals surface area contributed by atoms with E-state index in [-0.39, 0.29) is 49.1 Å². The summed E-state index contributed by atoms with van der Waals surface area (Å²) in [5.41, 5.74) is 0.576. The molecule has 1 saturated heterocycles. The fourth-order valence-corrected chi connectivity index (χ4v) is 3.62. The molecule has 1 aliphatic rings. The monoisotopic (exact) mass is 409 g/mol. The summed E-state index contributed by atoms with van der Waals surface area (Å²) in [7, 11) is 1.58. The van der Waals surface area contributed by atoms with E-state index in [0.29, 0.717) is 38.1 Å². The molecule has 8 nitrogen and oxygen atoms in total. The van der Waals surface area contributed by atoms with Crippen molar-refractivity contribution in [1.29, 1.82) is 0 Å². The number of likely N-dealkylation sites (tertiary alicyclic amines) is 1. The van der Waals surface area contributed by atoms with E-state index < -0.39 is 0 Å². The highest BCUT2D eigenvalue weighted by molar-refractivity contribution is 7.08. The Balaban J connectivity index is 1.68. The van der Waals surface area contributed by atoms with Crippen molar-refractivity contribution in [3.05, 3.63) is 22.4 Å². The van der Waals surface area contributed by atoms with Gasteiger partial charge in [0.25, 0.3) is 5.91 Å². The van der Waals surface area contributed by atoms with Gasteiger partial charge in [-0.2, -0.15) is 11.3 Å². The topological polar surface area (TPSA) is 96.0 Å². The molecule has 154 valence electrons. The summed E-state index contributed by atoms with van der Waals surface area (Å²) in [6.45, 7) is 3.32. The van der Waals surface area contributed by atoms with Crippen LogP contribution in [-0.4, -0.2) is 73.3 Å². The number of hydrogen-bond donors (Lipinski definition) is 1. The van der Waals surface area contributed by atoms with E-state index in [1.54, 1.807) is 30.3 Å². The third-order valence-electron chi connectivity index (χ3n) is 4.67. The van der Waals surface area contributed by atoms with Gasteiger partial charge in [0.2, 0.25) is 11.8 Å². The largest absolute Gasteiger partial charge is 0.466 e. The average Bonchev–Trinajstić information content (AvgIpc) is 3.23. The molecule has 1 fully saturated rings.